The lowest BCUT2D eigenvalue weighted by molar-refractivity contribution is -0.541. The number of carbonyl (C=O) groups is 1. The minimum atomic E-state index is -0.830. The number of hydrogen-bond donors (Lipinski definition) is 1. The maximum Gasteiger partial charge on any atom is 0.373 e. The Hall–Kier alpha value is -1.37. The van der Waals surface area contributed by atoms with Gasteiger partial charge in [-0.3, -0.25) is 0 Å². The van der Waals surface area contributed by atoms with Gasteiger partial charge in [0.15, 0.2) is 5.79 Å². The van der Waals surface area contributed by atoms with E-state index >= 15 is 0 Å². The summed E-state index contributed by atoms with van der Waals surface area (Å²) in [5, 5.41) is 11.7. The molecule has 14 atom stereocenters. The maximum absolute atomic E-state index is 13.9. The van der Waals surface area contributed by atoms with Crippen LogP contribution < -0.4 is 0 Å². The van der Waals surface area contributed by atoms with Crippen LogP contribution in [0.15, 0.2) is 23.0 Å². The fourth-order valence-corrected chi connectivity index (χ4v) is 14.6. The Morgan fingerprint density at radius 3 is 2.44 bits per heavy atom. The Bertz CT molecular complexity index is 1440. The van der Waals surface area contributed by atoms with Gasteiger partial charge in [0.1, 0.15) is 11.7 Å². The quantitative estimate of drug-likeness (QED) is 0.0840. The molecule has 6 heteroatoms. The molecule has 0 aromatic heterocycles. The van der Waals surface area contributed by atoms with E-state index in [-0.39, 0.29) is 28.8 Å². The van der Waals surface area contributed by atoms with E-state index in [4.69, 9.17) is 19.2 Å². The molecule has 0 aromatic carbocycles. The van der Waals surface area contributed by atoms with Crippen LogP contribution in [0.2, 0.25) is 0 Å². The Morgan fingerprint density at radius 1 is 0.942 bits per heavy atom. The van der Waals surface area contributed by atoms with Gasteiger partial charge in [0.25, 0.3) is 0 Å². The molecule has 8 rings (SSSR count). The maximum atomic E-state index is 13.9. The van der Waals surface area contributed by atoms with Gasteiger partial charge in [-0.25, -0.2) is 14.6 Å². The molecule has 7 fully saturated rings. The van der Waals surface area contributed by atoms with Gasteiger partial charge in [-0.1, -0.05) is 92.2 Å². The number of allylic oxidation sites excluding steroid dienone is 1. The smallest absolute Gasteiger partial charge is 0.373 e. The summed E-state index contributed by atoms with van der Waals surface area (Å²) in [7, 11) is 0. The number of rotatable bonds is 9. The molecule has 3 aliphatic heterocycles. The SMILES string of the molecule is CCC(C)CCC[C@@H](C)[C@H]1CC[C@H]2[C@@H]3CC=C4CC(OC(=O)/C(O)=C(\C)[C@]5(C)CCC[C@]6(C)CC[C@]7(C)OO[C@]65[C@H](C)O7)CC[C@]4(C)[C@H]3CC[C@]12C. The van der Waals surface area contributed by atoms with E-state index in [2.05, 4.69) is 61.5 Å². The molecule has 52 heavy (non-hydrogen) atoms. The van der Waals surface area contributed by atoms with Crippen LogP contribution >= 0.6 is 0 Å². The van der Waals surface area contributed by atoms with Gasteiger partial charge in [0.2, 0.25) is 5.76 Å². The predicted molar refractivity (Wildman–Crippen MR) is 206 cm³/mol. The van der Waals surface area contributed by atoms with Crippen LogP contribution in [-0.4, -0.2) is 34.7 Å². The summed E-state index contributed by atoms with van der Waals surface area (Å²) in [6, 6.07) is 0. The Kier molecular flexibility index (Phi) is 10.2. The summed E-state index contributed by atoms with van der Waals surface area (Å²) in [6.45, 7) is 22.9. The van der Waals surface area contributed by atoms with E-state index < -0.39 is 22.8 Å². The molecule has 2 bridgehead atoms. The predicted octanol–water partition coefficient (Wildman–Crippen LogP) is 12.0. The minimum absolute atomic E-state index is 0.183. The van der Waals surface area contributed by atoms with Crippen LogP contribution in [0.5, 0.6) is 0 Å². The first-order valence-electron chi connectivity index (χ1n) is 21.8. The number of fused-ring (bicyclic) bond motifs is 8. The van der Waals surface area contributed by atoms with Crippen molar-refractivity contribution < 1.29 is 29.1 Å². The number of carbonyl (C=O) groups excluding carboxylic acids is 1. The van der Waals surface area contributed by atoms with Gasteiger partial charge in [-0.15, -0.1) is 0 Å². The Morgan fingerprint density at radius 2 is 1.71 bits per heavy atom. The first kappa shape index (κ1) is 38.9. The van der Waals surface area contributed by atoms with Crippen LogP contribution in [0.4, 0.5) is 0 Å². The topological polar surface area (TPSA) is 74.2 Å². The van der Waals surface area contributed by atoms with Gasteiger partial charge in [0.05, 0.1) is 6.10 Å². The molecule has 0 amide bonds. The Labute approximate surface area is 316 Å². The van der Waals surface area contributed by atoms with Crippen molar-refractivity contribution in [2.45, 2.75) is 202 Å². The molecule has 3 heterocycles. The summed E-state index contributed by atoms with van der Waals surface area (Å²) >= 11 is 0. The number of hydrogen-bond acceptors (Lipinski definition) is 6. The van der Waals surface area contributed by atoms with E-state index in [1.807, 2.05) is 13.8 Å². The molecular formula is C46H74O6. The number of aliphatic hydroxyl groups excluding tert-OH is 1. The fraction of sp³-hybridized carbons (Fsp3) is 0.891. The lowest BCUT2D eigenvalue weighted by Crippen LogP contribution is -2.70. The highest BCUT2D eigenvalue weighted by Crippen LogP contribution is 2.69. The standard InChI is InChI=1S/C46H74O6/c1-11-29(2)14-12-15-30(3)36-18-19-37-35-17-16-33-28-34(20-24-42(33,7)38(35)21-25-43(36,37)8)49-40(48)39(47)31(4)44(9)23-13-22-41(6)26-27-45(10)50-32(5)46(41,44)52-51-45/h16,29-30,32,34-38,47H,11-15,17-28H2,1-10H3/b39-31-/t29?,30-,32+,34?,35+,36-,37+,38+,41-,42+,43-,44+,45+,46-/m1/s1. The van der Waals surface area contributed by atoms with Crippen LogP contribution in [0.1, 0.15) is 178 Å². The highest BCUT2D eigenvalue weighted by atomic mass is 17.3. The molecule has 3 saturated heterocycles. The molecule has 2 unspecified atom stereocenters. The third-order valence-electron chi connectivity index (χ3n) is 18.1. The summed E-state index contributed by atoms with van der Waals surface area (Å²) in [4.78, 5) is 26.4. The largest absolute Gasteiger partial charge is 0.502 e. The van der Waals surface area contributed by atoms with Crippen molar-refractivity contribution in [1.29, 1.82) is 0 Å². The first-order valence-corrected chi connectivity index (χ1v) is 21.8. The number of ether oxygens (including phenoxy) is 2. The second kappa shape index (κ2) is 13.7. The fourth-order valence-electron chi connectivity index (χ4n) is 14.6. The van der Waals surface area contributed by atoms with E-state index in [9.17, 15) is 9.90 Å². The zero-order valence-electron chi connectivity index (χ0n) is 34.7. The molecule has 0 radical (unpaired) electrons. The average molecular weight is 723 g/mol. The van der Waals surface area contributed by atoms with E-state index in [1.54, 1.807) is 0 Å². The van der Waals surface area contributed by atoms with Crippen molar-refractivity contribution in [1.82, 2.24) is 0 Å². The first-order chi connectivity index (χ1) is 24.5. The van der Waals surface area contributed by atoms with Crippen molar-refractivity contribution in [2.75, 3.05) is 0 Å². The van der Waals surface area contributed by atoms with Crippen molar-refractivity contribution >= 4 is 5.97 Å². The second-order valence-electron chi connectivity index (χ2n) is 20.7. The van der Waals surface area contributed by atoms with Gasteiger partial charge in [-0.2, -0.15) is 0 Å². The molecule has 1 N–H and O–H groups in total. The molecule has 294 valence electrons. The number of esters is 1. The van der Waals surface area contributed by atoms with Gasteiger partial charge in [0, 0.05) is 23.7 Å². The zero-order valence-corrected chi connectivity index (χ0v) is 34.7. The molecule has 4 saturated carbocycles. The van der Waals surface area contributed by atoms with E-state index in [1.165, 1.54) is 63.4 Å². The van der Waals surface area contributed by atoms with Crippen LogP contribution in [0.3, 0.4) is 0 Å². The summed E-state index contributed by atoms with van der Waals surface area (Å²) < 4.78 is 12.8. The van der Waals surface area contributed by atoms with Gasteiger partial charge < -0.3 is 14.6 Å². The third-order valence-corrected chi connectivity index (χ3v) is 18.1. The van der Waals surface area contributed by atoms with E-state index in [0.29, 0.717) is 11.0 Å². The molecular weight excluding hydrogens is 649 g/mol. The van der Waals surface area contributed by atoms with Crippen molar-refractivity contribution in [3.63, 3.8) is 0 Å². The third kappa shape index (κ3) is 5.82. The van der Waals surface area contributed by atoms with Crippen LogP contribution in [-0.2, 0) is 24.0 Å². The van der Waals surface area contributed by atoms with Crippen LogP contribution in [0, 0.1) is 57.2 Å². The highest BCUT2D eigenvalue weighted by Gasteiger charge is 2.72. The summed E-state index contributed by atoms with van der Waals surface area (Å²) in [5.41, 5.74) is 1.07. The molecule has 0 aromatic rings. The van der Waals surface area contributed by atoms with Crippen LogP contribution in [0.25, 0.3) is 0 Å². The summed E-state index contributed by atoms with van der Waals surface area (Å²) in [5.74, 6) is 3.24. The minimum Gasteiger partial charge on any atom is -0.502 e. The van der Waals surface area contributed by atoms with Crippen molar-refractivity contribution in [2.24, 2.45) is 57.2 Å². The average Bonchev–Trinajstić information content (AvgIpc) is 3.37. The van der Waals surface area contributed by atoms with Crippen molar-refractivity contribution in [3.05, 3.63) is 23.0 Å². The Balaban J connectivity index is 1.03. The summed E-state index contributed by atoms with van der Waals surface area (Å²) in [6.07, 6.45) is 21.4. The molecule has 6 nitrogen and oxygen atoms in total. The lowest BCUT2D eigenvalue weighted by atomic mass is 9.47. The van der Waals surface area contributed by atoms with Gasteiger partial charge >= 0.3 is 5.97 Å². The molecule has 8 aliphatic rings. The monoisotopic (exact) mass is 723 g/mol. The molecule has 5 aliphatic carbocycles. The highest BCUT2D eigenvalue weighted by molar-refractivity contribution is 5.87. The zero-order chi connectivity index (χ0) is 37.5. The number of aliphatic hydroxyl groups is 1. The normalized spacial score (nSPS) is 48.5. The van der Waals surface area contributed by atoms with Gasteiger partial charge in [-0.05, 0) is 137 Å². The lowest BCUT2D eigenvalue weighted by Gasteiger charge is -2.62. The van der Waals surface area contributed by atoms with Crippen molar-refractivity contribution in [3.8, 4) is 0 Å². The second-order valence-corrected chi connectivity index (χ2v) is 20.7. The molecule has 1 spiro atoms. The van der Waals surface area contributed by atoms with E-state index in [0.717, 1.165) is 86.9 Å².